The van der Waals surface area contributed by atoms with Gasteiger partial charge in [0.05, 0.1) is 7.11 Å². The first kappa shape index (κ1) is 15.4. The van der Waals surface area contributed by atoms with E-state index in [1.807, 2.05) is 0 Å². The Labute approximate surface area is 111 Å². The van der Waals surface area contributed by atoms with E-state index in [9.17, 15) is 4.79 Å². The largest absolute Gasteiger partial charge is 0.468 e. The van der Waals surface area contributed by atoms with Crippen molar-refractivity contribution in [2.75, 3.05) is 20.2 Å². The summed E-state index contributed by atoms with van der Waals surface area (Å²) in [5.74, 6) is -0.153. The molecule has 106 valence electrons. The lowest BCUT2D eigenvalue weighted by Gasteiger charge is -2.31. The van der Waals surface area contributed by atoms with E-state index in [4.69, 9.17) is 4.74 Å². The van der Waals surface area contributed by atoms with E-state index in [0.717, 1.165) is 13.1 Å². The molecule has 4 nitrogen and oxygen atoms in total. The lowest BCUT2D eigenvalue weighted by Crippen LogP contribution is -2.51. The Bertz CT molecular complexity index is 256. The summed E-state index contributed by atoms with van der Waals surface area (Å²) in [7, 11) is 1.46. The third-order valence-electron chi connectivity index (χ3n) is 3.63. The van der Waals surface area contributed by atoms with E-state index in [1.54, 1.807) is 0 Å². The smallest absolute Gasteiger partial charge is 0.324 e. The van der Waals surface area contributed by atoms with Gasteiger partial charge >= 0.3 is 5.97 Å². The molecule has 18 heavy (non-hydrogen) atoms. The van der Waals surface area contributed by atoms with Crippen LogP contribution in [0.25, 0.3) is 0 Å². The minimum Gasteiger partial charge on any atom is -0.468 e. The summed E-state index contributed by atoms with van der Waals surface area (Å²) in [6.45, 7) is 8.22. The molecule has 1 rings (SSSR count). The van der Waals surface area contributed by atoms with Crippen molar-refractivity contribution < 1.29 is 9.53 Å². The van der Waals surface area contributed by atoms with Crippen molar-refractivity contribution in [2.45, 2.75) is 64.6 Å². The molecular formula is C14H28N2O2. The second-order valence-corrected chi connectivity index (χ2v) is 5.59. The number of hydrogen-bond acceptors (Lipinski definition) is 4. The molecule has 1 N–H and O–H groups in total. The second-order valence-electron chi connectivity index (χ2n) is 5.59. The van der Waals surface area contributed by atoms with E-state index in [-0.39, 0.29) is 18.1 Å². The van der Waals surface area contributed by atoms with Gasteiger partial charge in [-0.25, -0.2) is 0 Å². The van der Waals surface area contributed by atoms with Crippen molar-refractivity contribution in [1.82, 2.24) is 10.2 Å². The van der Waals surface area contributed by atoms with Crippen LogP contribution in [0.15, 0.2) is 0 Å². The van der Waals surface area contributed by atoms with Gasteiger partial charge in [-0.05, 0) is 26.3 Å². The number of nitrogens with zero attached hydrogens (tertiary/aromatic N) is 1. The van der Waals surface area contributed by atoms with Crippen LogP contribution < -0.4 is 5.32 Å². The number of methoxy groups -OCH3 is 1. The predicted octanol–water partition coefficient (Wildman–Crippen LogP) is 1.79. The maximum absolute atomic E-state index is 11.8. The zero-order valence-electron chi connectivity index (χ0n) is 12.2. The molecule has 1 aliphatic heterocycles. The Morgan fingerprint density at radius 1 is 1.39 bits per heavy atom. The number of hydrogen-bond donors (Lipinski definition) is 1. The molecule has 0 saturated carbocycles. The number of esters is 1. The highest BCUT2D eigenvalue weighted by molar-refractivity contribution is 5.76. The number of likely N-dealkylation sites (tertiary alicyclic amines) is 1. The van der Waals surface area contributed by atoms with Gasteiger partial charge in [0.25, 0.3) is 0 Å². The first-order valence-electron chi connectivity index (χ1n) is 7.12. The third kappa shape index (κ3) is 4.94. The van der Waals surface area contributed by atoms with Crippen LogP contribution in [-0.2, 0) is 9.53 Å². The maximum Gasteiger partial charge on any atom is 0.324 e. The Morgan fingerprint density at radius 2 is 2.11 bits per heavy atom. The zero-order chi connectivity index (χ0) is 13.5. The van der Waals surface area contributed by atoms with Crippen molar-refractivity contribution in [3.8, 4) is 0 Å². The minimum atomic E-state index is -0.212. The molecule has 1 aliphatic rings. The highest BCUT2D eigenvalue weighted by Crippen LogP contribution is 2.16. The average Bonchev–Trinajstić information content (AvgIpc) is 2.52. The Balaban J connectivity index is 2.59. The van der Waals surface area contributed by atoms with Gasteiger partial charge in [0, 0.05) is 18.6 Å². The SMILES string of the molecule is COC(=O)C(CN1CCCCCC1C)NC(C)C. The third-order valence-corrected chi connectivity index (χ3v) is 3.63. The van der Waals surface area contributed by atoms with Gasteiger partial charge in [-0.2, -0.15) is 0 Å². The van der Waals surface area contributed by atoms with Crippen LogP contribution in [-0.4, -0.2) is 49.2 Å². The molecule has 0 aliphatic carbocycles. The van der Waals surface area contributed by atoms with Gasteiger partial charge in [0.1, 0.15) is 6.04 Å². The molecule has 0 aromatic carbocycles. The number of carbonyl (C=O) groups excluding carboxylic acids is 1. The summed E-state index contributed by atoms with van der Waals surface area (Å²) < 4.78 is 4.89. The Hall–Kier alpha value is -0.610. The molecule has 2 unspecified atom stereocenters. The number of nitrogens with one attached hydrogen (secondary N) is 1. The molecule has 1 saturated heterocycles. The second kappa shape index (κ2) is 7.74. The Morgan fingerprint density at radius 3 is 2.72 bits per heavy atom. The van der Waals surface area contributed by atoms with Crippen molar-refractivity contribution in [3.05, 3.63) is 0 Å². The fraction of sp³-hybridized carbons (Fsp3) is 0.929. The van der Waals surface area contributed by atoms with Crippen LogP contribution in [0, 0.1) is 0 Å². The van der Waals surface area contributed by atoms with Crippen LogP contribution in [0.1, 0.15) is 46.5 Å². The van der Waals surface area contributed by atoms with Crippen molar-refractivity contribution in [3.63, 3.8) is 0 Å². The highest BCUT2D eigenvalue weighted by atomic mass is 16.5. The summed E-state index contributed by atoms with van der Waals surface area (Å²) in [5, 5.41) is 3.30. The summed E-state index contributed by atoms with van der Waals surface area (Å²) in [6.07, 6.45) is 5.08. The fourth-order valence-corrected chi connectivity index (χ4v) is 2.58. The lowest BCUT2D eigenvalue weighted by molar-refractivity contribution is -0.144. The molecule has 1 heterocycles. The monoisotopic (exact) mass is 256 g/mol. The van der Waals surface area contributed by atoms with E-state index < -0.39 is 0 Å². The topological polar surface area (TPSA) is 41.6 Å². The van der Waals surface area contributed by atoms with Crippen molar-refractivity contribution in [2.24, 2.45) is 0 Å². The fourth-order valence-electron chi connectivity index (χ4n) is 2.58. The van der Waals surface area contributed by atoms with Crippen LogP contribution in [0.4, 0.5) is 0 Å². The van der Waals surface area contributed by atoms with E-state index in [2.05, 4.69) is 31.0 Å². The first-order valence-corrected chi connectivity index (χ1v) is 7.12. The molecule has 0 bridgehead atoms. The average molecular weight is 256 g/mol. The van der Waals surface area contributed by atoms with Crippen LogP contribution in [0.5, 0.6) is 0 Å². The molecule has 0 aromatic rings. The Kier molecular flexibility index (Phi) is 6.65. The molecule has 0 spiro atoms. The van der Waals surface area contributed by atoms with Crippen LogP contribution >= 0.6 is 0 Å². The van der Waals surface area contributed by atoms with Crippen molar-refractivity contribution in [1.29, 1.82) is 0 Å². The van der Waals surface area contributed by atoms with Gasteiger partial charge in [0.2, 0.25) is 0 Å². The van der Waals surface area contributed by atoms with Gasteiger partial charge in [-0.1, -0.05) is 26.7 Å². The highest BCUT2D eigenvalue weighted by Gasteiger charge is 2.26. The first-order chi connectivity index (χ1) is 8.54. The summed E-state index contributed by atoms with van der Waals surface area (Å²) in [5.41, 5.74) is 0. The number of rotatable bonds is 5. The van der Waals surface area contributed by atoms with Crippen molar-refractivity contribution >= 4 is 5.97 Å². The van der Waals surface area contributed by atoms with Crippen LogP contribution in [0.2, 0.25) is 0 Å². The summed E-state index contributed by atoms with van der Waals surface area (Å²) in [6, 6.07) is 0.639. The quantitative estimate of drug-likeness (QED) is 0.762. The maximum atomic E-state index is 11.8. The van der Waals surface area contributed by atoms with Gasteiger partial charge in [0.15, 0.2) is 0 Å². The predicted molar refractivity (Wildman–Crippen MR) is 73.6 cm³/mol. The molecule has 0 radical (unpaired) electrons. The van der Waals surface area contributed by atoms with Gasteiger partial charge in [-0.15, -0.1) is 0 Å². The molecule has 0 aromatic heterocycles. The molecular weight excluding hydrogens is 228 g/mol. The number of ether oxygens (including phenoxy) is 1. The number of carbonyl (C=O) groups is 1. The van der Waals surface area contributed by atoms with E-state index in [0.29, 0.717) is 6.04 Å². The summed E-state index contributed by atoms with van der Waals surface area (Å²) >= 11 is 0. The van der Waals surface area contributed by atoms with Gasteiger partial charge in [-0.3, -0.25) is 9.69 Å². The minimum absolute atomic E-state index is 0.153. The molecule has 4 heteroatoms. The molecule has 1 fully saturated rings. The van der Waals surface area contributed by atoms with Gasteiger partial charge < -0.3 is 10.1 Å². The molecule has 2 atom stereocenters. The lowest BCUT2D eigenvalue weighted by atomic mass is 10.1. The van der Waals surface area contributed by atoms with E-state index >= 15 is 0 Å². The standard InChI is InChI=1S/C14H28N2O2/c1-11(2)15-13(14(17)18-4)10-16-9-7-5-6-8-12(16)3/h11-13,15H,5-10H2,1-4H3. The zero-order valence-corrected chi connectivity index (χ0v) is 12.2. The molecule has 0 amide bonds. The van der Waals surface area contributed by atoms with E-state index in [1.165, 1.54) is 32.8 Å². The summed E-state index contributed by atoms with van der Waals surface area (Å²) in [4.78, 5) is 14.2. The van der Waals surface area contributed by atoms with Crippen LogP contribution in [0.3, 0.4) is 0 Å². The normalized spacial score (nSPS) is 23.7.